The van der Waals surface area contributed by atoms with Crippen LogP contribution in [-0.4, -0.2) is 74.3 Å². The fourth-order valence-corrected chi connectivity index (χ4v) is 8.96. The molecule has 0 heterocycles. The highest BCUT2D eigenvalue weighted by Crippen LogP contribution is 2.43. The predicted molar refractivity (Wildman–Crippen MR) is 300 cm³/mol. The third-order valence-corrected chi connectivity index (χ3v) is 13.7. The van der Waals surface area contributed by atoms with Gasteiger partial charge in [-0.2, -0.15) is 0 Å². The van der Waals surface area contributed by atoms with E-state index in [4.69, 9.17) is 13.8 Å². The van der Waals surface area contributed by atoms with Crippen LogP contribution in [0.4, 0.5) is 0 Å². The van der Waals surface area contributed by atoms with Gasteiger partial charge in [0.2, 0.25) is 5.91 Å². The summed E-state index contributed by atoms with van der Waals surface area (Å²) >= 11 is 0. The fourth-order valence-electron chi connectivity index (χ4n) is 8.23. The fraction of sp³-hybridized carbons (Fsp3) is 0.800. The number of esters is 1. The van der Waals surface area contributed by atoms with Gasteiger partial charge in [0, 0.05) is 12.8 Å². The first kappa shape index (κ1) is 67.7. The van der Waals surface area contributed by atoms with E-state index in [9.17, 15) is 19.0 Å². The van der Waals surface area contributed by atoms with Gasteiger partial charge < -0.3 is 19.4 Å². The van der Waals surface area contributed by atoms with E-state index < -0.39 is 20.0 Å². The van der Waals surface area contributed by atoms with Gasteiger partial charge in [0.05, 0.1) is 33.8 Å². The van der Waals surface area contributed by atoms with Gasteiger partial charge in [0.1, 0.15) is 19.3 Å². The molecule has 0 aromatic carbocycles. The average molecular weight is 1000 g/mol. The van der Waals surface area contributed by atoms with Crippen molar-refractivity contribution in [3.8, 4) is 0 Å². The topological polar surface area (TPSA) is 111 Å². The van der Waals surface area contributed by atoms with Crippen molar-refractivity contribution in [2.75, 3.05) is 40.9 Å². The molecule has 0 aromatic heterocycles. The maximum atomic E-state index is 13.5. The number of quaternary nitrogens is 1. The Kier molecular flexibility index (Phi) is 48.6. The Morgan fingerprint density at radius 1 is 0.514 bits per heavy atom. The molecule has 0 saturated heterocycles. The smallest absolute Gasteiger partial charge is 0.456 e. The second kappa shape index (κ2) is 50.3. The zero-order valence-corrected chi connectivity index (χ0v) is 47.4. The molecule has 0 aliphatic heterocycles. The largest absolute Gasteiger partial charge is 0.472 e. The van der Waals surface area contributed by atoms with Gasteiger partial charge >= 0.3 is 13.8 Å². The summed E-state index contributed by atoms with van der Waals surface area (Å²) in [4.78, 5) is 37.6. The number of nitrogens with zero attached hydrogens (tertiary/aromatic N) is 1. The summed E-state index contributed by atoms with van der Waals surface area (Å²) in [7, 11) is 1.48. The van der Waals surface area contributed by atoms with Gasteiger partial charge in [-0.1, -0.05) is 230 Å². The average Bonchev–Trinajstić information content (AvgIpc) is 3.32. The van der Waals surface area contributed by atoms with E-state index in [0.29, 0.717) is 23.9 Å². The normalized spacial score (nSPS) is 14.2. The number of nitrogens with one attached hydrogen (secondary N) is 1. The van der Waals surface area contributed by atoms with Crippen molar-refractivity contribution in [2.24, 2.45) is 0 Å². The minimum atomic E-state index is -4.45. The van der Waals surface area contributed by atoms with Gasteiger partial charge in [-0.15, -0.1) is 0 Å². The number of hydrogen-bond acceptors (Lipinski definition) is 6. The molecule has 3 atom stereocenters. The molecule has 9 nitrogen and oxygen atoms in total. The number of phosphoric ester groups is 1. The zero-order chi connectivity index (χ0) is 51.5. The summed E-state index contributed by atoms with van der Waals surface area (Å²) in [5, 5.41) is 3.04. The molecule has 0 radical (unpaired) electrons. The molecule has 1 amide bonds. The molecule has 2 N–H and O–H groups in total. The van der Waals surface area contributed by atoms with Crippen molar-refractivity contribution in [3.05, 3.63) is 60.8 Å². The molecule has 0 rings (SSSR count). The van der Waals surface area contributed by atoms with Crippen LogP contribution in [0.25, 0.3) is 0 Å². The van der Waals surface area contributed by atoms with Gasteiger partial charge in [0.25, 0.3) is 0 Å². The first-order chi connectivity index (χ1) is 33.9. The van der Waals surface area contributed by atoms with Crippen LogP contribution in [0.15, 0.2) is 60.8 Å². The summed E-state index contributed by atoms with van der Waals surface area (Å²) in [6.07, 6.45) is 62.1. The highest BCUT2D eigenvalue weighted by atomic mass is 31.2. The summed E-state index contributed by atoms with van der Waals surface area (Å²) < 4.78 is 30.6. The zero-order valence-electron chi connectivity index (χ0n) is 46.5. The Hall–Kier alpha value is -2.29. The van der Waals surface area contributed by atoms with Crippen molar-refractivity contribution in [1.82, 2.24) is 5.32 Å². The number of ether oxygens (including phenoxy) is 1. The number of amides is 1. The maximum Gasteiger partial charge on any atom is 0.472 e. The molecule has 0 aliphatic rings. The van der Waals surface area contributed by atoms with Gasteiger partial charge in [-0.05, 0) is 76.7 Å². The molecule has 0 bridgehead atoms. The number of carbonyl (C=O) groups is 2. The van der Waals surface area contributed by atoms with Gasteiger partial charge in [-0.25, -0.2) is 4.57 Å². The second-order valence-corrected chi connectivity index (χ2v) is 22.3. The second-order valence-electron chi connectivity index (χ2n) is 20.8. The van der Waals surface area contributed by atoms with E-state index in [-0.39, 0.29) is 31.5 Å². The summed E-state index contributed by atoms with van der Waals surface area (Å²) in [5.41, 5.74) is 0. The SMILES string of the molecule is CC/C=C/C=C/C=C\CCCCCCCC(=O)OC(/C=C\CCCCCCCCCCCC)C(COP(=O)(O)OCC[N+](C)(C)C)NC(=O)CCCCCCCCCCC/C=C/CCCCCCCC. The maximum absolute atomic E-state index is 13.5. The first-order valence-electron chi connectivity index (χ1n) is 29.1. The third kappa shape index (κ3) is 50.6. The molecule has 3 unspecified atom stereocenters. The predicted octanol–water partition coefficient (Wildman–Crippen LogP) is 17.5. The quantitative estimate of drug-likeness (QED) is 0.0156. The number of hydrogen-bond donors (Lipinski definition) is 2. The molecular weight excluding hydrogens is 892 g/mol. The Morgan fingerprint density at radius 2 is 0.929 bits per heavy atom. The van der Waals surface area contributed by atoms with E-state index >= 15 is 0 Å². The van der Waals surface area contributed by atoms with Crippen LogP contribution in [0.3, 0.4) is 0 Å². The summed E-state index contributed by atoms with van der Waals surface area (Å²) in [5.74, 6) is -0.529. The Bertz CT molecular complexity index is 1390. The van der Waals surface area contributed by atoms with Gasteiger partial charge in [0.15, 0.2) is 0 Å². The standard InChI is InChI=1S/C60H111N2O7P/c1-7-10-13-16-19-22-25-28-29-30-31-32-33-35-37-40-43-46-49-52-59(63)61-57(56-68-70(65,66)67-55-54-62(4,5)6)58(51-48-45-42-39-36-27-24-21-18-15-12-9-3)69-60(64)53-50-47-44-41-38-34-26-23-20-17-14-11-8-2/h11,14,17,20,23,26,28-29,48,51,57-58H,7-10,12-13,15-16,18-19,21-22,24-25,27,30-47,49-50,52-56H2,1-6H3,(H-,61,63,65,66)/p+1/b14-11+,20-17+,26-23-,29-28+,51-48-. The molecule has 0 aromatic rings. The lowest BCUT2D eigenvalue weighted by atomic mass is 10.0. The lowest BCUT2D eigenvalue weighted by Crippen LogP contribution is -2.47. The molecule has 0 saturated carbocycles. The molecule has 408 valence electrons. The van der Waals surface area contributed by atoms with Crippen molar-refractivity contribution >= 4 is 19.7 Å². The van der Waals surface area contributed by atoms with E-state index in [2.05, 4.69) is 74.7 Å². The highest BCUT2D eigenvalue weighted by molar-refractivity contribution is 7.47. The molecule has 0 spiro atoms. The number of phosphoric acid groups is 1. The molecule has 0 fully saturated rings. The number of allylic oxidation sites excluding steroid dienone is 9. The minimum absolute atomic E-state index is 0.0352. The number of rotatable bonds is 52. The molecule has 0 aliphatic carbocycles. The van der Waals surface area contributed by atoms with E-state index in [1.807, 2.05) is 33.3 Å². The van der Waals surface area contributed by atoms with E-state index in [0.717, 1.165) is 77.0 Å². The minimum Gasteiger partial charge on any atom is -0.456 e. The van der Waals surface area contributed by atoms with Crippen LogP contribution in [0.2, 0.25) is 0 Å². The lowest BCUT2D eigenvalue weighted by molar-refractivity contribution is -0.870. The molecular formula is C60H112N2O7P+. The van der Waals surface area contributed by atoms with Gasteiger partial charge in [-0.3, -0.25) is 18.6 Å². The van der Waals surface area contributed by atoms with E-state index in [1.54, 1.807) is 0 Å². The van der Waals surface area contributed by atoms with Crippen molar-refractivity contribution in [1.29, 1.82) is 0 Å². The van der Waals surface area contributed by atoms with Crippen LogP contribution >= 0.6 is 7.82 Å². The Balaban J connectivity index is 5.30. The van der Waals surface area contributed by atoms with Crippen LogP contribution in [0.1, 0.15) is 258 Å². The summed E-state index contributed by atoms with van der Waals surface area (Å²) in [6, 6.07) is -0.857. The van der Waals surface area contributed by atoms with Crippen LogP contribution < -0.4 is 5.32 Å². The first-order valence-corrected chi connectivity index (χ1v) is 30.6. The van der Waals surface area contributed by atoms with Crippen molar-refractivity contribution < 1.29 is 37.3 Å². The van der Waals surface area contributed by atoms with Crippen molar-refractivity contribution in [3.63, 3.8) is 0 Å². The molecule has 70 heavy (non-hydrogen) atoms. The van der Waals surface area contributed by atoms with Crippen LogP contribution in [0.5, 0.6) is 0 Å². The van der Waals surface area contributed by atoms with E-state index in [1.165, 1.54) is 141 Å². The molecule has 10 heteroatoms. The van der Waals surface area contributed by atoms with Crippen molar-refractivity contribution in [2.45, 2.75) is 270 Å². The van der Waals surface area contributed by atoms with Crippen LogP contribution in [0, 0.1) is 0 Å². The number of carbonyl (C=O) groups excluding carboxylic acids is 2. The lowest BCUT2D eigenvalue weighted by Gasteiger charge is -2.27. The third-order valence-electron chi connectivity index (χ3n) is 12.8. The summed E-state index contributed by atoms with van der Waals surface area (Å²) in [6.45, 7) is 6.86. The number of likely N-dealkylation sites (N-methyl/N-ethyl adjacent to an activating group) is 1. The Labute approximate surface area is 432 Å². The monoisotopic (exact) mass is 1000 g/mol. The Morgan fingerprint density at radius 3 is 1.40 bits per heavy atom. The highest BCUT2D eigenvalue weighted by Gasteiger charge is 2.30. The number of unbranched alkanes of at least 4 members (excludes halogenated alkanes) is 30. The van der Waals surface area contributed by atoms with Crippen LogP contribution in [-0.2, 0) is 27.9 Å².